The fourth-order valence-corrected chi connectivity index (χ4v) is 1.94. The lowest BCUT2D eigenvalue weighted by Crippen LogP contribution is -2.07. The van der Waals surface area contributed by atoms with Crippen molar-refractivity contribution in [3.05, 3.63) is 34.4 Å². The van der Waals surface area contributed by atoms with Crippen molar-refractivity contribution >= 4 is 22.8 Å². The maximum Gasteiger partial charge on any atom is 0.126 e. The molecule has 0 radical (unpaired) electrons. The Bertz CT molecular complexity index is 453. The molecule has 2 heterocycles. The second-order valence-corrected chi connectivity index (χ2v) is 4.25. The summed E-state index contributed by atoms with van der Waals surface area (Å²) < 4.78 is 0. The van der Waals surface area contributed by atoms with E-state index in [0.717, 1.165) is 35.9 Å². The molecule has 0 saturated heterocycles. The number of rotatable bonds is 4. The Kier molecular flexibility index (Phi) is 3.36. The van der Waals surface area contributed by atoms with Gasteiger partial charge in [-0.05, 0) is 19.1 Å². The molecule has 5 heteroatoms. The number of aryl methyl sites for hydroxylation is 1. The SMILES string of the molecule is Cc1nc(NCCc2cscn2)ccc1N. The number of nitrogen functional groups attached to an aromatic ring is 1. The number of hydrogen-bond acceptors (Lipinski definition) is 5. The van der Waals surface area contributed by atoms with Crippen LogP contribution in [0.5, 0.6) is 0 Å². The third kappa shape index (κ3) is 2.70. The highest BCUT2D eigenvalue weighted by molar-refractivity contribution is 7.07. The molecule has 2 rings (SSSR count). The van der Waals surface area contributed by atoms with Crippen LogP contribution in [0.2, 0.25) is 0 Å². The monoisotopic (exact) mass is 234 g/mol. The van der Waals surface area contributed by atoms with Gasteiger partial charge in [0.1, 0.15) is 5.82 Å². The van der Waals surface area contributed by atoms with Gasteiger partial charge >= 0.3 is 0 Å². The van der Waals surface area contributed by atoms with Gasteiger partial charge in [0.05, 0.1) is 22.6 Å². The lowest BCUT2D eigenvalue weighted by Gasteiger charge is -2.06. The van der Waals surface area contributed by atoms with Crippen LogP contribution < -0.4 is 11.1 Å². The van der Waals surface area contributed by atoms with E-state index in [1.807, 2.05) is 24.6 Å². The van der Waals surface area contributed by atoms with E-state index in [0.29, 0.717) is 0 Å². The highest BCUT2D eigenvalue weighted by atomic mass is 32.1. The Hall–Kier alpha value is -1.62. The smallest absolute Gasteiger partial charge is 0.126 e. The van der Waals surface area contributed by atoms with Gasteiger partial charge in [0.2, 0.25) is 0 Å². The molecule has 0 atom stereocenters. The summed E-state index contributed by atoms with van der Waals surface area (Å²) in [5, 5.41) is 5.31. The fraction of sp³-hybridized carbons (Fsp3) is 0.273. The molecule has 0 saturated carbocycles. The summed E-state index contributed by atoms with van der Waals surface area (Å²) in [5.74, 6) is 0.863. The maximum atomic E-state index is 5.70. The molecule has 0 aliphatic heterocycles. The fourth-order valence-electron chi connectivity index (χ4n) is 1.35. The van der Waals surface area contributed by atoms with Gasteiger partial charge in [-0.1, -0.05) is 0 Å². The predicted molar refractivity (Wildman–Crippen MR) is 67.7 cm³/mol. The lowest BCUT2D eigenvalue weighted by molar-refractivity contribution is 0.966. The van der Waals surface area contributed by atoms with Gasteiger partial charge in [0.25, 0.3) is 0 Å². The van der Waals surface area contributed by atoms with Gasteiger partial charge in [0, 0.05) is 18.3 Å². The van der Waals surface area contributed by atoms with Gasteiger partial charge in [-0.2, -0.15) is 0 Å². The first-order chi connectivity index (χ1) is 7.75. The second kappa shape index (κ2) is 4.94. The van der Waals surface area contributed by atoms with E-state index in [1.54, 1.807) is 11.3 Å². The number of thiazole rings is 1. The van der Waals surface area contributed by atoms with Gasteiger partial charge in [-0.15, -0.1) is 11.3 Å². The Morgan fingerprint density at radius 1 is 1.44 bits per heavy atom. The Labute approximate surface area is 98.6 Å². The maximum absolute atomic E-state index is 5.70. The van der Waals surface area contributed by atoms with Crippen LogP contribution >= 0.6 is 11.3 Å². The van der Waals surface area contributed by atoms with Crippen molar-refractivity contribution in [2.24, 2.45) is 0 Å². The van der Waals surface area contributed by atoms with E-state index in [-0.39, 0.29) is 0 Å². The summed E-state index contributed by atoms with van der Waals surface area (Å²) >= 11 is 1.62. The summed E-state index contributed by atoms with van der Waals surface area (Å²) in [7, 11) is 0. The molecule has 0 amide bonds. The molecule has 0 aliphatic carbocycles. The predicted octanol–water partition coefficient (Wildman–Crippen LogP) is 2.08. The summed E-state index contributed by atoms with van der Waals surface area (Å²) in [4.78, 5) is 8.55. The largest absolute Gasteiger partial charge is 0.397 e. The van der Waals surface area contributed by atoms with Crippen molar-refractivity contribution in [3.8, 4) is 0 Å². The van der Waals surface area contributed by atoms with Gasteiger partial charge < -0.3 is 11.1 Å². The van der Waals surface area contributed by atoms with E-state index in [2.05, 4.69) is 20.7 Å². The zero-order chi connectivity index (χ0) is 11.4. The zero-order valence-electron chi connectivity index (χ0n) is 9.10. The molecule has 3 N–H and O–H groups in total. The minimum Gasteiger partial charge on any atom is -0.397 e. The van der Waals surface area contributed by atoms with Gasteiger partial charge in [-0.25, -0.2) is 9.97 Å². The number of aromatic nitrogens is 2. The molecule has 2 aromatic rings. The van der Waals surface area contributed by atoms with E-state index in [1.165, 1.54) is 0 Å². The quantitative estimate of drug-likeness (QED) is 0.850. The van der Waals surface area contributed by atoms with Crippen LogP contribution in [0.25, 0.3) is 0 Å². The third-order valence-corrected chi connectivity index (χ3v) is 2.93. The van der Waals surface area contributed by atoms with Gasteiger partial charge in [0.15, 0.2) is 0 Å². The number of nitrogens with one attached hydrogen (secondary N) is 1. The molecule has 0 bridgehead atoms. The summed E-state index contributed by atoms with van der Waals surface area (Å²) in [6, 6.07) is 3.76. The number of anilines is 2. The average molecular weight is 234 g/mol. The number of nitrogens with zero attached hydrogens (tertiary/aromatic N) is 2. The first kappa shape index (κ1) is 10.9. The molecule has 0 unspecified atom stereocenters. The highest BCUT2D eigenvalue weighted by Gasteiger charge is 1.99. The van der Waals surface area contributed by atoms with Crippen LogP contribution in [-0.2, 0) is 6.42 Å². The Morgan fingerprint density at radius 2 is 2.31 bits per heavy atom. The second-order valence-electron chi connectivity index (χ2n) is 3.53. The van der Waals surface area contributed by atoms with E-state index in [9.17, 15) is 0 Å². The van der Waals surface area contributed by atoms with Crippen molar-refractivity contribution < 1.29 is 0 Å². The number of nitrogens with two attached hydrogens (primary N) is 1. The summed E-state index contributed by atoms with van der Waals surface area (Å²) in [6.07, 6.45) is 0.911. The van der Waals surface area contributed by atoms with Crippen LogP contribution in [0.4, 0.5) is 11.5 Å². The molecule has 0 fully saturated rings. The molecule has 4 nitrogen and oxygen atoms in total. The van der Waals surface area contributed by atoms with Crippen molar-refractivity contribution in [3.63, 3.8) is 0 Å². The van der Waals surface area contributed by atoms with Gasteiger partial charge in [-0.3, -0.25) is 0 Å². The molecule has 16 heavy (non-hydrogen) atoms. The Balaban J connectivity index is 1.87. The van der Waals surface area contributed by atoms with Crippen molar-refractivity contribution in [1.82, 2.24) is 9.97 Å². The van der Waals surface area contributed by atoms with Crippen LogP contribution in [0.3, 0.4) is 0 Å². The molecule has 0 aliphatic rings. The van der Waals surface area contributed by atoms with Crippen molar-refractivity contribution in [1.29, 1.82) is 0 Å². The van der Waals surface area contributed by atoms with Crippen molar-refractivity contribution in [2.45, 2.75) is 13.3 Å². The van der Waals surface area contributed by atoms with Crippen molar-refractivity contribution in [2.75, 3.05) is 17.6 Å². The summed E-state index contributed by atoms with van der Waals surface area (Å²) in [6.45, 7) is 2.74. The minimum absolute atomic E-state index is 0.727. The molecule has 2 aromatic heterocycles. The van der Waals surface area contributed by atoms with Crippen LogP contribution in [0.1, 0.15) is 11.4 Å². The molecule has 0 aromatic carbocycles. The highest BCUT2D eigenvalue weighted by Crippen LogP contribution is 2.11. The third-order valence-electron chi connectivity index (χ3n) is 2.30. The van der Waals surface area contributed by atoms with Crippen LogP contribution in [-0.4, -0.2) is 16.5 Å². The summed E-state index contributed by atoms with van der Waals surface area (Å²) in [5.41, 5.74) is 10.2. The number of pyridine rings is 1. The van der Waals surface area contributed by atoms with Crippen LogP contribution in [0, 0.1) is 6.92 Å². The Morgan fingerprint density at radius 3 is 3.00 bits per heavy atom. The standard InChI is InChI=1S/C11H14N4S/c1-8-10(12)2-3-11(15-8)13-5-4-9-6-16-7-14-9/h2-3,6-7H,4-5,12H2,1H3,(H,13,15). The van der Waals surface area contributed by atoms with E-state index >= 15 is 0 Å². The average Bonchev–Trinajstić information content (AvgIpc) is 2.76. The molecular formula is C11H14N4S. The zero-order valence-corrected chi connectivity index (χ0v) is 9.92. The minimum atomic E-state index is 0.727. The van der Waals surface area contributed by atoms with E-state index in [4.69, 9.17) is 5.73 Å². The van der Waals surface area contributed by atoms with Crippen LogP contribution in [0.15, 0.2) is 23.0 Å². The molecule has 84 valence electrons. The first-order valence-electron chi connectivity index (χ1n) is 5.10. The van der Waals surface area contributed by atoms with E-state index < -0.39 is 0 Å². The molecular weight excluding hydrogens is 220 g/mol. The molecule has 0 spiro atoms. The number of hydrogen-bond donors (Lipinski definition) is 2. The lowest BCUT2D eigenvalue weighted by atomic mass is 10.3. The topological polar surface area (TPSA) is 63.8 Å². The first-order valence-corrected chi connectivity index (χ1v) is 6.04. The normalized spacial score (nSPS) is 10.3.